The highest BCUT2D eigenvalue weighted by Crippen LogP contribution is 2.40. The molecule has 1 aliphatic rings. The number of carbonyl (C=O) groups excluding carboxylic acids is 1. The molecule has 0 unspecified atom stereocenters. The van der Waals surface area contributed by atoms with Gasteiger partial charge in [0.25, 0.3) is 0 Å². The Bertz CT molecular complexity index is 695. The van der Waals surface area contributed by atoms with Crippen LogP contribution in [0.1, 0.15) is 36.4 Å². The fourth-order valence-corrected chi connectivity index (χ4v) is 3.19. The third-order valence-electron chi connectivity index (χ3n) is 3.85. The normalized spacial score (nSPS) is 13.7. The highest BCUT2D eigenvalue weighted by atomic mass is 32.1. The Kier molecular flexibility index (Phi) is 4.81. The van der Waals surface area contributed by atoms with E-state index in [0.29, 0.717) is 35.4 Å². The Balaban J connectivity index is 1.53. The molecule has 5 nitrogen and oxygen atoms in total. The molecule has 1 amide bonds. The van der Waals surface area contributed by atoms with Gasteiger partial charge in [0.2, 0.25) is 5.91 Å². The maximum atomic E-state index is 12.1. The third-order valence-corrected chi connectivity index (χ3v) is 4.63. The van der Waals surface area contributed by atoms with Crippen LogP contribution in [0, 0.1) is 0 Å². The zero-order valence-corrected chi connectivity index (χ0v) is 14.1. The minimum Gasteiger partial charge on any atom is -0.493 e. The second-order valence-electron chi connectivity index (χ2n) is 5.59. The van der Waals surface area contributed by atoms with Crippen molar-refractivity contribution in [1.29, 1.82) is 0 Å². The molecule has 3 rings (SSSR count). The number of anilines is 1. The highest BCUT2D eigenvalue weighted by Gasteiger charge is 2.26. The maximum Gasteiger partial charge on any atom is 0.226 e. The summed E-state index contributed by atoms with van der Waals surface area (Å²) in [5.74, 6) is 1.97. The standard InChI is InChI=1S/C17H20N2O3S/c1-21-14-7-3-11(9-15(14)22-2)4-8-16(20)19-17-18-13(10-23-17)12-5-6-12/h3,7,9-10,12H,4-6,8H2,1-2H3,(H,18,19,20). The van der Waals surface area contributed by atoms with Gasteiger partial charge in [-0.25, -0.2) is 4.98 Å². The number of thiazole rings is 1. The van der Waals surface area contributed by atoms with Gasteiger partial charge in [0.15, 0.2) is 16.6 Å². The minimum atomic E-state index is -0.0171. The molecule has 0 bridgehead atoms. The molecular weight excluding hydrogens is 312 g/mol. The summed E-state index contributed by atoms with van der Waals surface area (Å²) in [6, 6.07) is 5.71. The molecule has 1 aromatic carbocycles. The van der Waals surface area contributed by atoms with E-state index in [0.717, 1.165) is 11.3 Å². The van der Waals surface area contributed by atoms with E-state index in [2.05, 4.69) is 10.3 Å². The fourth-order valence-electron chi connectivity index (χ4n) is 2.39. The molecule has 1 aromatic heterocycles. The lowest BCUT2D eigenvalue weighted by molar-refractivity contribution is -0.116. The first-order valence-corrected chi connectivity index (χ1v) is 8.53. The largest absolute Gasteiger partial charge is 0.493 e. The Labute approximate surface area is 139 Å². The predicted molar refractivity (Wildman–Crippen MR) is 90.6 cm³/mol. The van der Waals surface area contributed by atoms with Crippen molar-refractivity contribution in [2.45, 2.75) is 31.6 Å². The van der Waals surface area contributed by atoms with Gasteiger partial charge in [-0.1, -0.05) is 6.07 Å². The molecule has 23 heavy (non-hydrogen) atoms. The van der Waals surface area contributed by atoms with E-state index in [-0.39, 0.29) is 5.91 Å². The van der Waals surface area contributed by atoms with Crippen LogP contribution in [0.25, 0.3) is 0 Å². The summed E-state index contributed by atoms with van der Waals surface area (Å²) in [5, 5.41) is 5.62. The Morgan fingerprint density at radius 3 is 2.78 bits per heavy atom. The number of nitrogens with zero attached hydrogens (tertiary/aromatic N) is 1. The smallest absolute Gasteiger partial charge is 0.226 e. The topological polar surface area (TPSA) is 60.5 Å². The summed E-state index contributed by atoms with van der Waals surface area (Å²) >= 11 is 1.50. The zero-order chi connectivity index (χ0) is 16.2. The number of benzene rings is 1. The fraction of sp³-hybridized carbons (Fsp3) is 0.412. The van der Waals surface area contributed by atoms with E-state index < -0.39 is 0 Å². The van der Waals surface area contributed by atoms with E-state index in [1.807, 2.05) is 23.6 Å². The van der Waals surface area contributed by atoms with Crippen molar-refractivity contribution in [2.75, 3.05) is 19.5 Å². The number of hydrogen-bond acceptors (Lipinski definition) is 5. The molecule has 2 aromatic rings. The number of nitrogens with one attached hydrogen (secondary N) is 1. The van der Waals surface area contributed by atoms with Crippen LogP contribution in [0.4, 0.5) is 5.13 Å². The van der Waals surface area contributed by atoms with Crippen LogP contribution >= 0.6 is 11.3 Å². The van der Waals surface area contributed by atoms with Gasteiger partial charge in [-0.05, 0) is 37.0 Å². The first-order valence-electron chi connectivity index (χ1n) is 7.65. The van der Waals surface area contributed by atoms with E-state index in [9.17, 15) is 4.79 Å². The average molecular weight is 332 g/mol. The van der Waals surface area contributed by atoms with Crippen LogP contribution in [0.3, 0.4) is 0 Å². The summed E-state index contributed by atoms with van der Waals surface area (Å²) in [6.07, 6.45) is 3.49. The molecule has 122 valence electrons. The lowest BCUT2D eigenvalue weighted by Crippen LogP contribution is -2.12. The SMILES string of the molecule is COc1ccc(CCC(=O)Nc2nc(C3CC3)cs2)cc1OC. The Morgan fingerprint density at radius 2 is 2.09 bits per heavy atom. The second kappa shape index (κ2) is 7.00. The summed E-state index contributed by atoms with van der Waals surface area (Å²) < 4.78 is 10.5. The van der Waals surface area contributed by atoms with Gasteiger partial charge in [-0.15, -0.1) is 11.3 Å². The molecule has 1 fully saturated rings. The number of ether oxygens (including phenoxy) is 2. The van der Waals surface area contributed by atoms with Crippen LogP contribution in [0.2, 0.25) is 0 Å². The number of carbonyl (C=O) groups is 1. The van der Waals surface area contributed by atoms with Gasteiger partial charge in [0.1, 0.15) is 0 Å². The van der Waals surface area contributed by atoms with Crippen molar-refractivity contribution < 1.29 is 14.3 Å². The van der Waals surface area contributed by atoms with Gasteiger partial charge in [0, 0.05) is 17.7 Å². The quantitative estimate of drug-likeness (QED) is 0.841. The average Bonchev–Trinajstić information content (AvgIpc) is 3.32. The summed E-state index contributed by atoms with van der Waals surface area (Å²) in [5.41, 5.74) is 2.15. The van der Waals surface area contributed by atoms with Crippen molar-refractivity contribution in [1.82, 2.24) is 4.98 Å². The molecule has 6 heteroatoms. The molecular formula is C17H20N2O3S. The van der Waals surface area contributed by atoms with Crippen molar-refractivity contribution in [2.24, 2.45) is 0 Å². The number of amides is 1. The van der Waals surface area contributed by atoms with Crippen LogP contribution < -0.4 is 14.8 Å². The number of rotatable bonds is 7. The Hall–Kier alpha value is -2.08. The van der Waals surface area contributed by atoms with Gasteiger partial charge in [-0.2, -0.15) is 0 Å². The predicted octanol–water partition coefficient (Wildman–Crippen LogP) is 3.61. The van der Waals surface area contributed by atoms with E-state index in [4.69, 9.17) is 9.47 Å². The number of aromatic nitrogens is 1. The van der Waals surface area contributed by atoms with Gasteiger partial charge < -0.3 is 14.8 Å². The molecule has 1 saturated carbocycles. The van der Waals surface area contributed by atoms with Crippen LogP contribution in [-0.2, 0) is 11.2 Å². The molecule has 0 radical (unpaired) electrons. The van der Waals surface area contributed by atoms with E-state index >= 15 is 0 Å². The molecule has 0 spiro atoms. The number of aryl methyl sites for hydroxylation is 1. The number of methoxy groups -OCH3 is 2. The third kappa shape index (κ3) is 4.01. The summed E-state index contributed by atoms with van der Waals surface area (Å²) in [6.45, 7) is 0. The molecule has 1 aliphatic carbocycles. The van der Waals surface area contributed by atoms with Crippen molar-refractivity contribution in [3.05, 3.63) is 34.8 Å². The lowest BCUT2D eigenvalue weighted by Gasteiger charge is -2.09. The van der Waals surface area contributed by atoms with Crippen molar-refractivity contribution >= 4 is 22.4 Å². The minimum absolute atomic E-state index is 0.0171. The second-order valence-corrected chi connectivity index (χ2v) is 6.45. The van der Waals surface area contributed by atoms with Crippen LogP contribution in [-0.4, -0.2) is 25.1 Å². The first-order chi connectivity index (χ1) is 11.2. The lowest BCUT2D eigenvalue weighted by atomic mass is 10.1. The van der Waals surface area contributed by atoms with Crippen molar-refractivity contribution in [3.8, 4) is 11.5 Å². The Morgan fingerprint density at radius 1 is 1.30 bits per heavy atom. The van der Waals surface area contributed by atoms with E-state index in [1.165, 1.54) is 24.2 Å². The molecule has 0 aliphatic heterocycles. The molecule has 0 saturated heterocycles. The van der Waals surface area contributed by atoms with E-state index in [1.54, 1.807) is 14.2 Å². The number of hydrogen-bond donors (Lipinski definition) is 1. The highest BCUT2D eigenvalue weighted by molar-refractivity contribution is 7.13. The van der Waals surface area contributed by atoms with Gasteiger partial charge in [-0.3, -0.25) is 4.79 Å². The summed E-state index contributed by atoms with van der Waals surface area (Å²) in [7, 11) is 3.21. The monoisotopic (exact) mass is 332 g/mol. The maximum absolute atomic E-state index is 12.1. The summed E-state index contributed by atoms with van der Waals surface area (Å²) in [4.78, 5) is 16.5. The molecule has 1 heterocycles. The van der Waals surface area contributed by atoms with Crippen LogP contribution in [0.15, 0.2) is 23.6 Å². The van der Waals surface area contributed by atoms with Gasteiger partial charge >= 0.3 is 0 Å². The molecule has 0 atom stereocenters. The zero-order valence-electron chi connectivity index (χ0n) is 13.3. The first kappa shape index (κ1) is 15.8. The molecule has 1 N–H and O–H groups in total. The van der Waals surface area contributed by atoms with Gasteiger partial charge in [0.05, 0.1) is 19.9 Å². The van der Waals surface area contributed by atoms with Crippen LogP contribution in [0.5, 0.6) is 11.5 Å². The van der Waals surface area contributed by atoms with Crippen molar-refractivity contribution in [3.63, 3.8) is 0 Å².